The zero-order valence-corrected chi connectivity index (χ0v) is 15.6. The van der Waals surface area contributed by atoms with Gasteiger partial charge in [0.05, 0.1) is 10.4 Å². The fourth-order valence-corrected chi connectivity index (χ4v) is 4.53. The molecule has 1 aliphatic carbocycles. The highest BCUT2D eigenvalue weighted by Gasteiger charge is 2.24. The van der Waals surface area contributed by atoms with Gasteiger partial charge in [0.1, 0.15) is 0 Å². The van der Waals surface area contributed by atoms with Crippen LogP contribution in [0.15, 0.2) is 53.6 Å². The molecule has 25 heavy (non-hydrogen) atoms. The molecule has 1 saturated carbocycles. The Hall–Kier alpha value is -1.53. The molecule has 0 saturated heterocycles. The molecule has 1 fully saturated rings. The molecule has 0 amide bonds. The third-order valence-electron chi connectivity index (χ3n) is 4.34. The van der Waals surface area contributed by atoms with Crippen LogP contribution in [0, 0.1) is 0 Å². The van der Waals surface area contributed by atoms with Crippen LogP contribution >= 0.6 is 23.2 Å². The summed E-state index contributed by atoms with van der Waals surface area (Å²) in [6, 6.07) is 12.0. The lowest BCUT2D eigenvalue weighted by atomic mass is 10.2. The van der Waals surface area contributed by atoms with Crippen molar-refractivity contribution in [1.29, 1.82) is 0 Å². The van der Waals surface area contributed by atoms with Crippen LogP contribution in [0.3, 0.4) is 0 Å². The number of nitrogens with zero attached hydrogens (tertiary/aromatic N) is 1. The van der Waals surface area contributed by atoms with Crippen molar-refractivity contribution >= 4 is 44.1 Å². The second kappa shape index (κ2) is 6.32. The SMILES string of the molecule is O=S(=O)(c1ccc(Cl)cc1)n1cc(CNC2CC2)c2cc(Cl)ccc21. The molecule has 0 radical (unpaired) electrons. The summed E-state index contributed by atoms with van der Waals surface area (Å²) in [6.07, 6.45) is 4.02. The highest BCUT2D eigenvalue weighted by Crippen LogP contribution is 2.29. The van der Waals surface area contributed by atoms with E-state index < -0.39 is 10.0 Å². The summed E-state index contributed by atoms with van der Waals surface area (Å²) in [5.41, 5.74) is 1.54. The van der Waals surface area contributed by atoms with Crippen molar-refractivity contribution in [3.63, 3.8) is 0 Å². The van der Waals surface area contributed by atoms with Gasteiger partial charge in [0.15, 0.2) is 0 Å². The Balaban J connectivity index is 1.84. The molecule has 0 aliphatic heterocycles. The minimum atomic E-state index is -3.71. The second-order valence-corrected chi connectivity index (χ2v) is 8.91. The van der Waals surface area contributed by atoms with Gasteiger partial charge in [-0.1, -0.05) is 23.2 Å². The van der Waals surface area contributed by atoms with E-state index in [-0.39, 0.29) is 4.90 Å². The molecule has 0 spiro atoms. The molecule has 0 unspecified atom stereocenters. The second-order valence-electron chi connectivity index (χ2n) is 6.23. The first-order valence-electron chi connectivity index (χ1n) is 7.99. The molecule has 2 aromatic carbocycles. The lowest BCUT2D eigenvalue weighted by molar-refractivity contribution is 0.589. The van der Waals surface area contributed by atoms with E-state index in [9.17, 15) is 8.42 Å². The topological polar surface area (TPSA) is 51.1 Å². The van der Waals surface area contributed by atoms with E-state index in [4.69, 9.17) is 23.2 Å². The standard InChI is InChI=1S/C18H16Cl2N2O2S/c19-13-1-6-16(7-2-13)25(23,24)22-11-12(10-21-15-4-5-15)17-9-14(20)3-8-18(17)22/h1-3,6-9,11,15,21H,4-5,10H2. The van der Waals surface area contributed by atoms with Gasteiger partial charge in [-0.3, -0.25) is 0 Å². The third-order valence-corrected chi connectivity index (χ3v) is 6.52. The summed E-state index contributed by atoms with van der Waals surface area (Å²) >= 11 is 12.0. The van der Waals surface area contributed by atoms with E-state index in [1.807, 2.05) is 6.07 Å². The number of halogens is 2. The van der Waals surface area contributed by atoms with Crippen molar-refractivity contribution in [2.75, 3.05) is 0 Å². The molecule has 130 valence electrons. The summed E-state index contributed by atoms with van der Waals surface area (Å²) < 4.78 is 27.5. The normalized spacial score (nSPS) is 15.0. The van der Waals surface area contributed by atoms with Gasteiger partial charge in [-0.05, 0) is 60.9 Å². The number of aromatic nitrogens is 1. The lowest BCUT2D eigenvalue weighted by Crippen LogP contribution is -2.15. The van der Waals surface area contributed by atoms with Crippen LogP contribution in [0.1, 0.15) is 18.4 Å². The van der Waals surface area contributed by atoms with Crippen LogP contribution < -0.4 is 5.32 Å². The number of hydrogen-bond donors (Lipinski definition) is 1. The van der Waals surface area contributed by atoms with E-state index in [1.54, 1.807) is 30.5 Å². The van der Waals surface area contributed by atoms with Gasteiger partial charge in [0, 0.05) is 34.2 Å². The number of rotatable bonds is 5. The number of hydrogen-bond acceptors (Lipinski definition) is 3. The fraction of sp³-hybridized carbons (Fsp3) is 0.222. The van der Waals surface area contributed by atoms with Crippen molar-refractivity contribution < 1.29 is 8.42 Å². The van der Waals surface area contributed by atoms with Gasteiger partial charge in [0.25, 0.3) is 10.0 Å². The first-order chi connectivity index (χ1) is 11.9. The van der Waals surface area contributed by atoms with Gasteiger partial charge in [-0.25, -0.2) is 12.4 Å². The minimum absolute atomic E-state index is 0.199. The molecule has 0 bridgehead atoms. The molecular formula is C18H16Cl2N2O2S. The van der Waals surface area contributed by atoms with Gasteiger partial charge in [-0.2, -0.15) is 0 Å². The zero-order chi connectivity index (χ0) is 17.6. The molecule has 1 aromatic heterocycles. The fourth-order valence-electron chi connectivity index (χ4n) is 2.84. The predicted molar refractivity (Wildman–Crippen MR) is 101 cm³/mol. The number of nitrogens with one attached hydrogen (secondary N) is 1. The Bertz CT molecular complexity index is 1040. The summed E-state index contributed by atoms with van der Waals surface area (Å²) in [5.74, 6) is 0. The Morgan fingerprint density at radius 1 is 1.04 bits per heavy atom. The quantitative estimate of drug-likeness (QED) is 0.695. The van der Waals surface area contributed by atoms with E-state index in [1.165, 1.54) is 28.9 Å². The van der Waals surface area contributed by atoms with Gasteiger partial charge < -0.3 is 5.32 Å². The minimum Gasteiger partial charge on any atom is -0.310 e. The van der Waals surface area contributed by atoms with Crippen molar-refractivity contribution in [2.24, 2.45) is 0 Å². The summed E-state index contributed by atoms with van der Waals surface area (Å²) in [7, 11) is -3.71. The van der Waals surface area contributed by atoms with E-state index in [2.05, 4.69) is 5.32 Å². The molecule has 1 heterocycles. The Labute approximate surface area is 156 Å². The Kier molecular flexibility index (Phi) is 4.28. The first-order valence-corrected chi connectivity index (χ1v) is 10.2. The monoisotopic (exact) mass is 394 g/mol. The maximum atomic E-state index is 13.1. The number of fused-ring (bicyclic) bond motifs is 1. The maximum absolute atomic E-state index is 13.1. The van der Waals surface area contributed by atoms with Crippen LogP contribution in [-0.4, -0.2) is 18.4 Å². The van der Waals surface area contributed by atoms with Crippen molar-refractivity contribution in [1.82, 2.24) is 9.29 Å². The number of benzene rings is 2. The highest BCUT2D eigenvalue weighted by molar-refractivity contribution is 7.90. The summed E-state index contributed by atoms with van der Waals surface area (Å²) in [4.78, 5) is 0.199. The Morgan fingerprint density at radius 2 is 1.72 bits per heavy atom. The van der Waals surface area contributed by atoms with Crippen molar-refractivity contribution in [3.8, 4) is 0 Å². The predicted octanol–water partition coefficient (Wildman–Crippen LogP) is 4.44. The first kappa shape index (κ1) is 16.9. The molecular weight excluding hydrogens is 379 g/mol. The van der Waals surface area contributed by atoms with Gasteiger partial charge in [0.2, 0.25) is 0 Å². The molecule has 7 heteroatoms. The molecule has 4 rings (SSSR count). The lowest BCUT2D eigenvalue weighted by Gasteiger charge is -2.07. The smallest absolute Gasteiger partial charge is 0.268 e. The van der Waals surface area contributed by atoms with Crippen LogP contribution in [-0.2, 0) is 16.6 Å². The zero-order valence-electron chi connectivity index (χ0n) is 13.2. The third kappa shape index (κ3) is 3.29. The molecule has 3 aromatic rings. The van der Waals surface area contributed by atoms with E-state index in [0.717, 1.165) is 10.9 Å². The van der Waals surface area contributed by atoms with E-state index in [0.29, 0.717) is 28.1 Å². The average Bonchev–Trinajstić information content (AvgIpc) is 3.34. The van der Waals surface area contributed by atoms with Crippen LogP contribution in [0.25, 0.3) is 10.9 Å². The van der Waals surface area contributed by atoms with Crippen LogP contribution in [0.2, 0.25) is 10.0 Å². The average molecular weight is 395 g/mol. The van der Waals surface area contributed by atoms with Gasteiger partial charge >= 0.3 is 0 Å². The summed E-state index contributed by atoms with van der Waals surface area (Å²) in [6.45, 7) is 0.616. The largest absolute Gasteiger partial charge is 0.310 e. The molecule has 4 nitrogen and oxygen atoms in total. The van der Waals surface area contributed by atoms with Crippen molar-refractivity contribution in [2.45, 2.75) is 30.3 Å². The molecule has 1 N–H and O–H groups in total. The van der Waals surface area contributed by atoms with Crippen LogP contribution in [0.4, 0.5) is 0 Å². The van der Waals surface area contributed by atoms with Crippen molar-refractivity contribution in [3.05, 3.63) is 64.3 Å². The van der Waals surface area contributed by atoms with Gasteiger partial charge in [-0.15, -0.1) is 0 Å². The Morgan fingerprint density at radius 3 is 2.40 bits per heavy atom. The van der Waals surface area contributed by atoms with E-state index >= 15 is 0 Å². The van der Waals surface area contributed by atoms with Crippen LogP contribution in [0.5, 0.6) is 0 Å². The maximum Gasteiger partial charge on any atom is 0.268 e. The molecule has 0 atom stereocenters. The highest BCUT2D eigenvalue weighted by atomic mass is 35.5. The summed E-state index contributed by atoms with van der Waals surface area (Å²) in [5, 5.41) is 5.36. The molecule has 1 aliphatic rings.